The van der Waals surface area contributed by atoms with Crippen LogP contribution in [0.25, 0.3) is 0 Å². The van der Waals surface area contributed by atoms with Crippen molar-refractivity contribution < 1.29 is 9.66 Å². The number of amidine groups is 1. The maximum atomic E-state index is 11.0. The van der Waals surface area contributed by atoms with Gasteiger partial charge in [0.1, 0.15) is 17.3 Å². The highest BCUT2D eigenvalue weighted by Gasteiger charge is 2.23. The lowest BCUT2D eigenvalue weighted by atomic mass is 10.1. The summed E-state index contributed by atoms with van der Waals surface area (Å²) in [6.07, 6.45) is 0. The van der Waals surface area contributed by atoms with Crippen molar-refractivity contribution >= 4 is 17.2 Å². The number of hydrogen-bond acceptors (Lipinski definition) is 5. The summed E-state index contributed by atoms with van der Waals surface area (Å²) in [6.45, 7) is 2.72. The van der Waals surface area contributed by atoms with Crippen LogP contribution in [0.2, 0.25) is 0 Å². The molecule has 0 saturated carbocycles. The van der Waals surface area contributed by atoms with E-state index in [0.717, 1.165) is 6.54 Å². The van der Waals surface area contributed by atoms with Gasteiger partial charge in [0.25, 0.3) is 5.69 Å². The standard InChI is InChI=1S/C16H15N3O3/c1-3-18(2)16-12-10-11(19(20)21)8-9-14(12)22-15-7-5-4-6-13(15)17-16/h4-10H,3H2,1-2H3. The summed E-state index contributed by atoms with van der Waals surface area (Å²) in [7, 11) is 1.90. The van der Waals surface area contributed by atoms with Crippen molar-refractivity contribution in [1.29, 1.82) is 0 Å². The summed E-state index contributed by atoms with van der Waals surface area (Å²) in [5.74, 6) is 1.86. The first-order chi connectivity index (χ1) is 10.6. The second-order valence-corrected chi connectivity index (χ2v) is 4.96. The molecule has 0 saturated heterocycles. The Labute approximate surface area is 127 Å². The molecule has 0 unspecified atom stereocenters. The molecule has 1 aliphatic heterocycles. The molecule has 22 heavy (non-hydrogen) atoms. The van der Waals surface area contributed by atoms with E-state index in [-0.39, 0.29) is 5.69 Å². The number of rotatable bonds is 2. The number of nitro groups is 1. The highest BCUT2D eigenvalue weighted by molar-refractivity contribution is 6.04. The quantitative estimate of drug-likeness (QED) is 0.625. The van der Waals surface area contributed by atoms with Gasteiger partial charge in [0.2, 0.25) is 0 Å². The number of hydrogen-bond donors (Lipinski definition) is 0. The van der Waals surface area contributed by atoms with Gasteiger partial charge in [0, 0.05) is 25.7 Å². The third-order valence-electron chi connectivity index (χ3n) is 3.56. The number of benzene rings is 2. The van der Waals surface area contributed by atoms with E-state index in [1.807, 2.05) is 43.1 Å². The smallest absolute Gasteiger partial charge is 0.270 e. The number of para-hydroxylation sites is 2. The van der Waals surface area contributed by atoms with Crippen molar-refractivity contribution in [2.75, 3.05) is 13.6 Å². The first-order valence-corrected chi connectivity index (χ1v) is 6.95. The molecule has 1 heterocycles. The second kappa shape index (κ2) is 5.48. The molecular weight excluding hydrogens is 282 g/mol. The second-order valence-electron chi connectivity index (χ2n) is 4.96. The molecule has 2 aromatic carbocycles. The number of fused-ring (bicyclic) bond motifs is 2. The molecule has 0 spiro atoms. The summed E-state index contributed by atoms with van der Waals surface area (Å²) in [6, 6.07) is 12.0. The third kappa shape index (κ3) is 2.39. The molecule has 0 aliphatic carbocycles. The zero-order chi connectivity index (χ0) is 15.7. The molecule has 0 amide bonds. The SMILES string of the molecule is CCN(C)C1=Nc2ccccc2Oc2ccc([N+](=O)[O-])cc21. The van der Waals surface area contributed by atoms with E-state index in [1.165, 1.54) is 12.1 Å². The van der Waals surface area contributed by atoms with Crippen LogP contribution >= 0.6 is 0 Å². The van der Waals surface area contributed by atoms with Gasteiger partial charge in [-0.05, 0) is 25.1 Å². The fourth-order valence-corrected chi connectivity index (χ4v) is 2.26. The van der Waals surface area contributed by atoms with E-state index in [1.54, 1.807) is 6.07 Å². The fraction of sp³-hybridized carbons (Fsp3) is 0.188. The Bertz CT molecular complexity index is 771. The molecule has 0 aromatic heterocycles. The van der Waals surface area contributed by atoms with Crippen LogP contribution in [0.4, 0.5) is 11.4 Å². The molecular formula is C16H15N3O3. The molecule has 6 heteroatoms. The number of ether oxygens (including phenoxy) is 1. The van der Waals surface area contributed by atoms with Gasteiger partial charge < -0.3 is 9.64 Å². The number of aliphatic imine (C=N–C) groups is 1. The van der Waals surface area contributed by atoms with E-state index < -0.39 is 4.92 Å². The third-order valence-corrected chi connectivity index (χ3v) is 3.56. The van der Waals surface area contributed by atoms with Gasteiger partial charge in [-0.25, -0.2) is 4.99 Å². The summed E-state index contributed by atoms with van der Waals surface area (Å²) in [5, 5.41) is 11.0. The Kier molecular flexibility index (Phi) is 3.50. The van der Waals surface area contributed by atoms with Crippen molar-refractivity contribution in [2.24, 2.45) is 4.99 Å². The summed E-state index contributed by atoms with van der Waals surface area (Å²) >= 11 is 0. The van der Waals surface area contributed by atoms with Crippen molar-refractivity contribution in [3.63, 3.8) is 0 Å². The first-order valence-electron chi connectivity index (χ1n) is 6.95. The van der Waals surface area contributed by atoms with Crippen molar-refractivity contribution in [1.82, 2.24) is 4.90 Å². The van der Waals surface area contributed by atoms with Crippen LogP contribution in [-0.2, 0) is 0 Å². The molecule has 1 aliphatic rings. The summed E-state index contributed by atoms with van der Waals surface area (Å²) in [4.78, 5) is 17.2. The van der Waals surface area contributed by atoms with Crippen molar-refractivity contribution in [2.45, 2.75) is 6.92 Å². The predicted octanol–water partition coefficient (Wildman–Crippen LogP) is 3.73. The van der Waals surface area contributed by atoms with Gasteiger partial charge in [-0.1, -0.05) is 12.1 Å². The molecule has 0 atom stereocenters. The van der Waals surface area contributed by atoms with Crippen LogP contribution in [0.5, 0.6) is 11.5 Å². The van der Waals surface area contributed by atoms with Crippen LogP contribution in [0.3, 0.4) is 0 Å². The lowest BCUT2D eigenvalue weighted by Gasteiger charge is -2.19. The van der Waals surface area contributed by atoms with Crippen LogP contribution in [0, 0.1) is 10.1 Å². The Morgan fingerprint density at radius 3 is 2.73 bits per heavy atom. The average molecular weight is 297 g/mol. The lowest BCUT2D eigenvalue weighted by Crippen LogP contribution is -2.27. The highest BCUT2D eigenvalue weighted by atomic mass is 16.6. The minimum absolute atomic E-state index is 0.0190. The predicted molar refractivity (Wildman–Crippen MR) is 84.1 cm³/mol. The number of nitrogens with zero attached hydrogens (tertiary/aromatic N) is 3. The molecule has 3 rings (SSSR count). The minimum Gasteiger partial charge on any atom is -0.454 e. The minimum atomic E-state index is -0.415. The van der Waals surface area contributed by atoms with Gasteiger partial charge in [-0.3, -0.25) is 10.1 Å². The van der Waals surface area contributed by atoms with Crippen LogP contribution in [0.15, 0.2) is 47.5 Å². The van der Waals surface area contributed by atoms with Crippen LogP contribution < -0.4 is 4.74 Å². The van der Waals surface area contributed by atoms with Gasteiger partial charge in [0.15, 0.2) is 5.75 Å². The van der Waals surface area contributed by atoms with Crippen molar-refractivity contribution in [3.8, 4) is 11.5 Å². The maximum absolute atomic E-state index is 11.0. The average Bonchev–Trinajstić information content (AvgIpc) is 2.69. The van der Waals surface area contributed by atoms with Gasteiger partial charge in [-0.2, -0.15) is 0 Å². The van der Waals surface area contributed by atoms with Crippen molar-refractivity contribution in [3.05, 3.63) is 58.1 Å². The lowest BCUT2D eigenvalue weighted by molar-refractivity contribution is -0.384. The molecule has 0 radical (unpaired) electrons. The van der Waals surface area contributed by atoms with E-state index in [0.29, 0.717) is 28.6 Å². The highest BCUT2D eigenvalue weighted by Crippen LogP contribution is 2.38. The van der Waals surface area contributed by atoms with Gasteiger partial charge in [0.05, 0.1) is 10.5 Å². The van der Waals surface area contributed by atoms with E-state index in [4.69, 9.17) is 4.74 Å². The van der Waals surface area contributed by atoms with Crippen LogP contribution in [-0.4, -0.2) is 29.3 Å². The fourth-order valence-electron chi connectivity index (χ4n) is 2.26. The zero-order valence-corrected chi connectivity index (χ0v) is 12.3. The van der Waals surface area contributed by atoms with E-state index in [9.17, 15) is 10.1 Å². The largest absolute Gasteiger partial charge is 0.454 e. The molecule has 112 valence electrons. The normalized spacial score (nSPS) is 12.4. The Morgan fingerprint density at radius 1 is 1.23 bits per heavy atom. The van der Waals surface area contributed by atoms with E-state index >= 15 is 0 Å². The Hall–Kier alpha value is -2.89. The monoisotopic (exact) mass is 297 g/mol. The van der Waals surface area contributed by atoms with E-state index in [2.05, 4.69) is 4.99 Å². The first kappa shape index (κ1) is 14.1. The summed E-state index contributed by atoms with van der Waals surface area (Å²) in [5.41, 5.74) is 1.34. The molecule has 6 nitrogen and oxygen atoms in total. The van der Waals surface area contributed by atoms with Gasteiger partial charge in [-0.15, -0.1) is 0 Å². The molecule has 2 aromatic rings. The molecule has 0 fully saturated rings. The topological polar surface area (TPSA) is 68.0 Å². The summed E-state index contributed by atoms with van der Waals surface area (Å²) < 4.78 is 5.90. The Balaban J connectivity index is 2.23. The zero-order valence-electron chi connectivity index (χ0n) is 12.3. The maximum Gasteiger partial charge on any atom is 0.270 e. The number of non-ortho nitro benzene ring substituents is 1. The van der Waals surface area contributed by atoms with Crippen LogP contribution in [0.1, 0.15) is 12.5 Å². The number of nitro benzene ring substituents is 1. The molecule has 0 N–H and O–H groups in total. The molecule has 0 bridgehead atoms. The van der Waals surface area contributed by atoms with Gasteiger partial charge >= 0.3 is 0 Å². The Morgan fingerprint density at radius 2 is 2.00 bits per heavy atom.